The molecule has 0 amide bonds. The van der Waals surface area contributed by atoms with Gasteiger partial charge in [-0.2, -0.15) is 0 Å². The largest absolute Gasteiger partial charge is 0.333 e. The average molecular weight is 383 g/mol. The molecule has 0 radical (unpaired) electrons. The predicted molar refractivity (Wildman–Crippen MR) is 94.5 cm³/mol. The van der Waals surface area contributed by atoms with Crippen LogP contribution in [0.1, 0.15) is 30.7 Å². The smallest absolute Gasteiger partial charge is 0.113 e. The van der Waals surface area contributed by atoms with Gasteiger partial charge in [-0.05, 0) is 49.7 Å². The molecule has 0 spiro atoms. The molecule has 2 aromatic rings. The van der Waals surface area contributed by atoms with Crippen LogP contribution >= 0.6 is 27.5 Å². The maximum absolute atomic E-state index is 6.13. The van der Waals surface area contributed by atoms with Crippen LogP contribution in [-0.2, 0) is 13.0 Å². The summed E-state index contributed by atoms with van der Waals surface area (Å²) in [6, 6.07) is 6.03. The monoisotopic (exact) mass is 381 g/mol. The van der Waals surface area contributed by atoms with Crippen molar-refractivity contribution in [2.45, 2.75) is 32.2 Å². The number of benzene rings is 1. The van der Waals surface area contributed by atoms with Gasteiger partial charge >= 0.3 is 0 Å². The molecule has 0 saturated carbocycles. The van der Waals surface area contributed by atoms with Crippen molar-refractivity contribution in [2.75, 3.05) is 19.6 Å². The summed E-state index contributed by atoms with van der Waals surface area (Å²) in [6.45, 7) is 4.61. The third kappa shape index (κ3) is 4.34. The van der Waals surface area contributed by atoms with E-state index < -0.39 is 0 Å². The van der Waals surface area contributed by atoms with Gasteiger partial charge < -0.3 is 9.47 Å². The highest BCUT2D eigenvalue weighted by atomic mass is 79.9. The number of piperidine rings is 1. The van der Waals surface area contributed by atoms with Crippen LogP contribution in [0.25, 0.3) is 0 Å². The second-order valence-corrected chi connectivity index (χ2v) is 7.25. The van der Waals surface area contributed by atoms with Gasteiger partial charge in [0.25, 0.3) is 0 Å². The molecule has 1 aromatic heterocycles. The highest BCUT2D eigenvalue weighted by Crippen LogP contribution is 2.21. The van der Waals surface area contributed by atoms with Crippen LogP contribution in [0.15, 0.2) is 35.1 Å². The Bertz CT molecular complexity index is 600. The second kappa shape index (κ2) is 7.62. The number of nitrogens with zero attached hydrogens (tertiary/aromatic N) is 3. The fourth-order valence-electron chi connectivity index (χ4n) is 3.04. The number of aromatic nitrogens is 2. The van der Waals surface area contributed by atoms with Crippen LogP contribution in [-0.4, -0.2) is 34.1 Å². The first-order valence-electron chi connectivity index (χ1n) is 7.88. The summed E-state index contributed by atoms with van der Waals surface area (Å²) in [4.78, 5) is 7.08. The van der Waals surface area contributed by atoms with E-state index in [0.717, 1.165) is 34.8 Å². The lowest BCUT2D eigenvalue weighted by Gasteiger charge is -2.26. The number of halogens is 2. The van der Waals surface area contributed by atoms with Crippen molar-refractivity contribution in [2.24, 2.45) is 0 Å². The van der Waals surface area contributed by atoms with Crippen LogP contribution in [0.4, 0.5) is 0 Å². The van der Waals surface area contributed by atoms with E-state index in [-0.39, 0.29) is 0 Å². The molecule has 1 aliphatic heterocycles. The molecule has 22 heavy (non-hydrogen) atoms. The predicted octanol–water partition coefficient (Wildman–Crippen LogP) is 4.38. The van der Waals surface area contributed by atoms with Crippen molar-refractivity contribution in [3.63, 3.8) is 0 Å². The van der Waals surface area contributed by atoms with Crippen molar-refractivity contribution >= 4 is 27.5 Å². The van der Waals surface area contributed by atoms with E-state index in [1.54, 1.807) is 0 Å². The fraction of sp³-hybridized carbons (Fsp3) is 0.471. The quantitative estimate of drug-likeness (QED) is 0.765. The van der Waals surface area contributed by atoms with Gasteiger partial charge in [-0.25, -0.2) is 4.98 Å². The van der Waals surface area contributed by atoms with Gasteiger partial charge in [-0.3, -0.25) is 0 Å². The van der Waals surface area contributed by atoms with E-state index in [1.807, 2.05) is 18.3 Å². The van der Waals surface area contributed by atoms with Gasteiger partial charge in [-0.15, -0.1) is 0 Å². The zero-order chi connectivity index (χ0) is 15.4. The Labute approximate surface area is 145 Å². The van der Waals surface area contributed by atoms with E-state index in [9.17, 15) is 0 Å². The van der Waals surface area contributed by atoms with Gasteiger partial charge in [0.15, 0.2) is 0 Å². The number of imidazole rings is 1. The van der Waals surface area contributed by atoms with Gasteiger partial charge in [-0.1, -0.05) is 34.0 Å². The molecule has 0 bridgehead atoms. The van der Waals surface area contributed by atoms with Gasteiger partial charge in [0.2, 0.25) is 0 Å². The van der Waals surface area contributed by atoms with E-state index in [0.29, 0.717) is 0 Å². The molecule has 0 atom stereocenters. The van der Waals surface area contributed by atoms with E-state index in [1.165, 1.54) is 37.9 Å². The van der Waals surface area contributed by atoms with Gasteiger partial charge in [0.05, 0.1) is 0 Å². The zero-order valence-electron chi connectivity index (χ0n) is 12.6. The Kier molecular flexibility index (Phi) is 5.55. The third-order valence-electron chi connectivity index (χ3n) is 4.19. The minimum absolute atomic E-state index is 0.760. The summed E-state index contributed by atoms with van der Waals surface area (Å²) < 4.78 is 3.28. The summed E-state index contributed by atoms with van der Waals surface area (Å²) >= 11 is 9.63. The molecule has 3 nitrogen and oxygen atoms in total. The zero-order valence-corrected chi connectivity index (χ0v) is 15.0. The topological polar surface area (TPSA) is 21.1 Å². The first kappa shape index (κ1) is 16.0. The summed E-state index contributed by atoms with van der Waals surface area (Å²) in [5.74, 6) is 1.10. The molecule has 1 saturated heterocycles. The van der Waals surface area contributed by atoms with Crippen molar-refractivity contribution in [3.05, 3.63) is 51.5 Å². The molecule has 1 aliphatic rings. The van der Waals surface area contributed by atoms with Gasteiger partial charge in [0, 0.05) is 41.4 Å². The van der Waals surface area contributed by atoms with Crippen molar-refractivity contribution in [1.82, 2.24) is 14.5 Å². The molecule has 2 heterocycles. The van der Waals surface area contributed by atoms with Gasteiger partial charge in [0.1, 0.15) is 5.82 Å². The second-order valence-electron chi connectivity index (χ2n) is 5.89. The van der Waals surface area contributed by atoms with Crippen molar-refractivity contribution in [1.29, 1.82) is 0 Å². The van der Waals surface area contributed by atoms with E-state index in [4.69, 9.17) is 11.6 Å². The maximum atomic E-state index is 6.13. The molecule has 5 heteroatoms. The lowest BCUT2D eigenvalue weighted by atomic mass is 10.1. The van der Waals surface area contributed by atoms with Crippen LogP contribution in [0, 0.1) is 0 Å². The first-order valence-corrected chi connectivity index (χ1v) is 9.05. The highest BCUT2D eigenvalue weighted by molar-refractivity contribution is 9.10. The Balaban J connectivity index is 1.63. The third-order valence-corrected chi connectivity index (χ3v) is 4.87. The van der Waals surface area contributed by atoms with Crippen LogP contribution in [0.2, 0.25) is 5.02 Å². The lowest BCUT2D eigenvalue weighted by Crippen LogP contribution is -2.32. The highest BCUT2D eigenvalue weighted by Gasteiger charge is 2.11. The minimum Gasteiger partial charge on any atom is -0.333 e. The van der Waals surface area contributed by atoms with Crippen molar-refractivity contribution in [3.8, 4) is 0 Å². The number of hydrogen-bond acceptors (Lipinski definition) is 2. The Morgan fingerprint density at radius 3 is 2.68 bits per heavy atom. The molecule has 118 valence electrons. The Morgan fingerprint density at radius 1 is 1.09 bits per heavy atom. The standard InChI is InChI=1S/C17H21BrClN3/c18-15-10-14(11-16(19)13-15)12-17-20-4-7-22(17)9-8-21-5-2-1-3-6-21/h4,7,10-11,13H,1-3,5-6,8-9,12H2. The maximum Gasteiger partial charge on any atom is 0.113 e. The number of hydrogen-bond donors (Lipinski definition) is 0. The molecular formula is C17H21BrClN3. The van der Waals surface area contributed by atoms with Crippen molar-refractivity contribution < 1.29 is 0 Å². The molecule has 1 fully saturated rings. The number of likely N-dealkylation sites (tertiary alicyclic amines) is 1. The summed E-state index contributed by atoms with van der Waals surface area (Å²) in [7, 11) is 0. The van der Waals surface area contributed by atoms with E-state index >= 15 is 0 Å². The lowest BCUT2D eigenvalue weighted by molar-refractivity contribution is 0.220. The van der Waals surface area contributed by atoms with Crippen LogP contribution in [0.3, 0.4) is 0 Å². The minimum atomic E-state index is 0.760. The molecular weight excluding hydrogens is 362 g/mol. The fourth-order valence-corrected chi connectivity index (χ4v) is 3.97. The SMILES string of the molecule is Clc1cc(Br)cc(Cc2nccn2CCN2CCCCC2)c1. The summed E-state index contributed by atoms with van der Waals surface area (Å²) in [5.41, 5.74) is 1.18. The molecule has 0 aliphatic carbocycles. The van der Waals surface area contributed by atoms with Crippen LogP contribution in [0.5, 0.6) is 0 Å². The summed E-state index contributed by atoms with van der Waals surface area (Å²) in [5, 5.41) is 0.760. The normalized spacial score (nSPS) is 16.1. The average Bonchev–Trinajstić information content (AvgIpc) is 2.92. The first-order chi connectivity index (χ1) is 10.7. The van der Waals surface area contributed by atoms with E-state index in [2.05, 4.69) is 42.6 Å². The molecule has 3 rings (SSSR count). The summed E-state index contributed by atoms with van der Waals surface area (Å²) in [6.07, 6.45) is 8.85. The number of rotatable bonds is 5. The molecule has 1 aromatic carbocycles. The molecule has 0 unspecified atom stereocenters. The Hall–Kier alpha value is -0.840. The van der Waals surface area contributed by atoms with Crippen LogP contribution < -0.4 is 0 Å². The molecule has 0 N–H and O–H groups in total. The Morgan fingerprint density at radius 2 is 1.91 bits per heavy atom.